The summed E-state index contributed by atoms with van der Waals surface area (Å²) < 4.78 is 0. The minimum Gasteiger partial charge on any atom is -0.310 e. The van der Waals surface area contributed by atoms with Crippen molar-refractivity contribution in [2.75, 3.05) is 9.80 Å². The molecule has 0 saturated carbocycles. The molecule has 0 radical (unpaired) electrons. The molecule has 14 rings (SSSR count). The van der Waals surface area contributed by atoms with Crippen molar-refractivity contribution < 1.29 is 0 Å². The third kappa shape index (κ3) is 6.80. The predicted octanol–water partition coefficient (Wildman–Crippen LogP) is 19.9. The first kappa shape index (κ1) is 42.3. The van der Waals surface area contributed by atoms with Crippen LogP contribution in [0.5, 0.6) is 0 Å². The normalized spacial score (nSPS) is 12.9. The lowest BCUT2D eigenvalue weighted by Crippen LogP contribution is -2.16. The molecule has 3 heteroatoms. The summed E-state index contributed by atoms with van der Waals surface area (Å²) in [5, 5.41) is 7.55. The van der Waals surface area contributed by atoms with E-state index in [0.29, 0.717) is 0 Å². The average molecular weight is 937 g/mol. The van der Waals surface area contributed by atoms with Gasteiger partial charge >= 0.3 is 0 Å². The van der Waals surface area contributed by atoms with Crippen molar-refractivity contribution in [1.82, 2.24) is 0 Å². The monoisotopic (exact) mass is 936 g/mol. The number of nitrogens with zero attached hydrogens (tertiary/aromatic N) is 2. The topological polar surface area (TPSA) is 6.48 Å². The number of anilines is 6. The molecule has 2 aliphatic rings. The smallest absolute Gasteiger partial charge is 0.0540 e. The van der Waals surface area contributed by atoms with Gasteiger partial charge in [-0.15, -0.1) is 0 Å². The Morgan fingerprint density at radius 1 is 0.306 bits per heavy atom. The lowest BCUT2D eigenvalue weighted by molar-refractivity contribution is 0.660. The maximum absolute atomic E-state index is 2.45. The summed E-state index contributed by atoms with van der Waals surface area (Å²) in [6.07, 6.45) is 0. The zero-order valence-corrected chi connectivity index (χ0v) is 40.9. The summed E-state index contributed by atoms with van der Waals surface area (Å²) in [4.78, 5) is 7.36. The second-order valence-electron chi connectivity index (χ2n) is 19.7. The van der Waals surface area contributed by atoms with Gasteiger partial charge in [0.05, 0.1) is 5.69 Å². The first-order chi connectivity index (χ1) is 35.5. The molecule has 12 aromatic carbocycles. The molecule has 12 aromatic rings. The molecule has 0 amide bonds. The van der Waals surface area contributed by atoms with Crippen molar-refractivity contribution >= 4 is 78.2 Å². The Hall–Kier alpha value is -8.63. The zero-order chi connectivity index (χ0) is 47.9. The Bertz CT molecular complexity index is 4090. The fourth-order valence-corrected chi connectivity index (χ4v) is 12.9. The maximum atomic E-state index is 2.45. The minimum absolute atomic E-state index is 0.107. The number of fused-ring (bicyclic) bond motifs is 8. The summed E-state index contributed by atoms with van der Waals surface area (Å²) in [6.45, 7) is 4.72. The van der Waals surface area contributed by atoms with Crippen molar-refractivity contribution in [3.63, 3.8) is 0 Å². The number of hydrogen-bond acceptors (Lipinski definition) is 3. The van der Waals surface area contributed by atoms with Gasteiger partial charge in [0, 0.05) is 54.4 Å². The lowest BCUT2D eigenvalue weighted by Gasteiger charge is -2.29. The van der Waals surface area contributed by atoms with Gasteiger partial charge in [0.15, 0.2) is 0 Å². The number of hydrogen-bond donors (Lipinski definition) is 0. The van der Waals surface area contributed by atoms with Crippen LogP contribution in [0.2, 0.25) is 0 Å². The third-order valence-electron chi connectivity index (χ3n) is 15.2. The highest BCUT2D eigenvalue weighted by atomic mass is 32.2. The number of para-hydroxylation sites is 2. The van der Waals surface area contributed by atoms with Crippen molar-refractivity contribution in [2.45, 2.75) is 29.1 Å². The van der Waals surface area contributed by atoms with Crippen LogP contribution < -0.4 is 9.80 Å². The Labute approximate surface area is 425 Å². The Morgan fingerprint density at radius 2 is 0.875 bits per heavy atom. The van der Waals surface area contributed by atoms with Gasteiger partial charge in [0.25, 0.3) is 0 Å². The largest absolute Gasteiger partial charge is 0.310 e. The molecule has 0 N–H and O–H groups in total. The van der Waals surface area contributed by atoms with Gasteiger partial charge in [-0.05, 0) is 162 Å². The van der Waals surface area contributed by atoms with E-state index in [1.165, 1.54) is 97.7 Å². The van der Waals surface area contributed by atoms with E-state index in [9.17, 15) is 0 Å². The highest BCUT2D eigenvalue weighted by Crippen LogP contribution is 2.54. The lowest BCUT2D eigenvalue weighted by atomic mass is 9.82. The first-order valence-corrected chi connectivity index (χ1v) is 25.7. The summed E-state index contributed by atoms with van der Waals surface area (Å²) >= 11 is 1.88. The van der Waals surface area contributed by atoms with Crippen molar-refractivity contribution in [3.05, 3.63) is 266 Å². The molecule has 0 atom stereocenters. The summed E-state index contributed by atoms with van der Waals surface area (Å²) in [7, 11) is 0. The highest BCUT2D eigenvalue weighted by molar-refractivity contribution is 7.99. The number of rotatable bonds is 8. The van der Waals surface area contributed by atoms with Gasteiger partial charge in [-0.3, -0.25) is 0 Å². The molecule has 0 unspecified atom stereocenters. The second kappa shape index (κ2) is 16.8. The molecule has 0 fully saturated rings. The van der Waals surface area contributed by atoms with Crippen LogP contribution in [0.25, 0.3) is 76.8 Å². The van der Waals surface area contributed by atoms with E-state index in [-0.39, 0.29) is 5.41 Å². The molecule has 0 bridgehead atoms. The van der Waals surface area contributed by atoms with E-state index in [2.05, 4.69) is 278 Å². The van der Waals surface area contributed by atoms with Crippen LogP contribution in [0.3, 0.4) is 0 Å². The van der Waals surface area contributed by atoms with Crippen molar-refractivity contribution in [1.29, 1.82) is 0 Å². The molecule has 1 heterocycles. The van der Waals surface area contributed by atoms with Crippen molar-refractivity contribution in [2.24, 2.45) is 0 Å². The van der Waals surface area contributed by atoms with E-state index in [1.807, 2.05) is 11.8 Å². The molecule has 0 saturated heterocycles. The van der Waals surface area contributed by atoms with Crippen LogP contribution >= 0.6 is 11.8 Å². The molecule has 0 spiro atoms. The van der Waals surface area contributed by atoms with Crippen LogP contribution in [0.1, 0.15) is 25.0 Å². The standard InChI is InChI=1S/C69H48N2S/c1-69(2)63-27-15-14-24-56(63)57-37-35-52(43-64(57)69)71(50-21-10-5-11-22-50)65-40-39-54(55-23-12-13-25-58(55)65)47-29-30-48-42-62-59-38-36-53(44-67(59)72-66-28-16-26-60(68(62)66)61(48)41-47)70(49-19-8-4-9-20-49)51-33-31-46(32-34-51)45-17-6-3-7-18-45/h3-44H,1-2H3. The van der Waals surface area contributed by atoms with Gasteiger partial charge in [0.2, 0.25) is 0 Å². The molecule has 0 aromatic heterocycles. The van der Waals surface area contributed by atoms with Crippen LogP contribution in [-0.4, -0.2) is 0 Å². The Balaban J connectivity index is 0.855. The minimum atomic E-state index is -0.107. The molecular weight excluding hydrogens is 889 g/mol. The van der Waals surface area contributed by atoms with E-state index in [0.717, 1.165) is 34.1 Å². The average Bonchev–Trinajstić information content (AvgIpc) is 3.67. The van der Waals surface area contributed by atoms with E-state index in [1.54, 1.807) is 0 Å². The van der Waals surface area contributed by atoms with Gasteiger partial charge in [-0.25, -0.2) is 0 Å². The summed E-state index contributed by atoms with van der Waals surface area (Å²) in [6, 6.07) is 94.0. The quantitative estimate of drug-likeness (QED) is 0.140. The summed E-state index contributed by atoms with van der Waals surface area (Å²) in [5.74, 6) is 0. The van der Waals surface area contributed by atoms with Crippen LogP contribution in [0.15, 0.2) is 265 Å². The first-order valence-electron chi connectivity index (χ1n) is 24.9. The molecule has 2 nitrogen and oxygen atoms in total. The van der Waals surface area contributed by atoms with Gasteiger partial charge in [-0.2, -0.15) is 0 Å². The SMILES string of the molecule is CC1(C)c2ccccc2-c2ccc(N(c3ccccc3)c3ccc(-c4ccc5cc6c7c(cccc7c5c4)Sc4cc(N(c5ccccc5)c5ccc(-c7ccccc7)cc5)ccc4-6)c4ccccc34)cc21. The molecule has 340 valence electrons. The van der Waals surface area contributed by atoms with Crippen molar-refractivity contribution in [3.8, 4) is 44.5 Å². The summed E-state index contributed by atoms with van der Waals surface area (Å²) in [5.41, 5.74) is 19.5. The van der Waals surface area contributed by atoms with Gasteiger partial charge in [-0.1, -0.05) is 195 Å². The Kier molecular flexibility index (Phi) is 9.84. The molecular formula is C69H48N2S. The van der Waals surface area contributed by atoms with E-state index in [4.69, 9.17) is 0 Å². The molecule has 72 heavy (non-hydrogen) atoms. The molecule has 1 aliphatic carbocycles. The van der Waals surface area contributed by atoms with Crippen LogP contribution in [0, 0.1) is 0 Å². The predicted molar refractivity (Wildman–Crippen MR) is 306 cm³/mol. The second-order valence-corrected chi connectivity index (χ2v) is 20.7. The van der Waals surface area contributed by atoms with E-state index >= 15 is 0 Å². The third-order valence-corrected chi connectivity index (χ3v) is 16.3. The zero-order valence-electron chi connectivity index (χ0n) is 40.1. The number of benzene rings is 12. The van der Waals surface area contributed by atoms with Gasteiger partial charge < -0.3 is 9.80 Å². The molecule has 1 aliphatic heterocycles. The van der Waals surface area contributed by atoms with E-state index < -0.39 is 0 Å². The maximum Gasteiger partial charge on any atom is 0.0540 e. The highest BCUT2D eigenvalue weighted by Gasteiger charge is 2.36. The van der Waals surface area contributed by atoms with Gasteiger partial charge in [0.1, 0.15) is 0 Å². The van der Waals surface area contributed by atoms with Crippen LogP contribution in [-0.2, 0) is 5.41 Å². The Morgan fingerprint density at radius 3 is 1.65 bits per heavy atom. The van der Waals surface area contributed by atoms with Crippen LogP contribution in [0.4, 0.5) is 34.1 Å². The fourth-order valence-electron chi connectivity index (χ4n) is 11.7. The fraction of sp³-hybridized carbons (Fsp3) is 0.0435.